The van der Waals surface area contributed by atoms with Crippen LogP contribution in [0, 0.1) is 0 Å². The number of aromatic nitrogens is 2. The molecule has 5 rings (SSSR count). The third-order valence-electron chi connectivity index (χ3n) is 6.19. The normalized spacial score (nSPS) is 11.4. The maximum Gasteiger partial charge on any atom is 0.271 e. The number of anilines is 1. The van der Waals surface area contributed by atoms with Crippen LogP contribution in [0.25, 0.3) is 16.9 Å². The molecular formula is C32H29N5O4S. The van der Waals surface area contributed by atoms with Crippen molar-refractivity contribution in [3.05, 3.63) is 127 Å². The summed E-state index contributed by atoms with van der Waals surface area (Å²) in [5.41, 5.74) is 6.33. The van der Waals surface area contributed by atoms with Crippen LogP contribution in [-0.2, 0) is 10.0 Å². The predicted octanol–water partition coefficient (Wildman–Crippen LogP) is 5.89. The molecule has 0 atom stereocenters. The first-order valence-corrected chi connectivity index (χ1v) is 14.8. The van der Waals surface area contributed by atoms with Crippen LogP contribution in [0.1, 0.15) is 29.3 Å². The van der Waals surface area contributed by atoms with Gasteiger partial charge in [0, 0.05) is 28.6 Å². The molecule has 0 unspecified atom stereocenters. The molecule has 42 heavy (non-hydrogen) atoms. The molecule has 0 aliphatic carbocycles. The Bertz CT molecular complexity index is 1770. The van der Waals surface area contributed by atoms with Crippen LogP contribution in [0.15, 0.2) is 125 Å². The minimum absolute atomic E-state index is 0.150. The molecule has 0 saturated heterocycles. The Kier molecular flexibility index (Phi) is 8.74. The highest BCUT2D eigenvalue weighted by Gasteiger charge is 2.15. The maximum absolute atomic E-state index is 12.8. The summed E-state index contributed by atoms with van der Waals surface area (Å²) in [5, 5.41) is 8.95. The SMILES string of the molecule is CCCOc1ccc(-c2nn(-c3ccccc3)cc2/C=N/NC(=O)c2ccc(NS(=O)(=O)c3ccccc3)cc2)cc1. The fourth-order valence-electron chi connectivity index (χ4n) is 4.08. The number of amides is 1. The van der Waals surface area contributed by atoms with Gasteiger partial charge in [-0.2, -0.15) is 10.2 Å². The van der Waals surface area contributed by atoms with Gasteiger partial charge < -0.3 is 4.74 Å². The van der Waals surface area contributed by atoms with E-state index in [0.29, 0.717) is 29.1 Å². The maximum atomic E-state index is 12.8. The minimum Gasteiger partial charge on any atom is -0.494 e. The summed E-state index contributed by atoms with van der Waals surface area (Å²) in [6.07, 6.45) is 4.31. The van der Waals surface area contributed by atoms with Crippen molar-refractivity contribution in [3.8, 4) is 22.7 Å². The molecule has 0 aliphatic heterocycles. The van der Waals surface area contributed by atoms with E-state index >= 15 is 0 Å². The van der Waals surface area contributed by atoms with E-state index in [9.17, 15) is 13.2 Å². The van der Waals surface area contributed by atoms with Gasteiger partial charge in [-0.15, -0.1) is 0 Å². The molecule has 0 fully saturated rings. The molecular weight excluding hydrogens is 550 g/mol. The number of carbonyl (C=O) groups is 1. The first kappa shape index (κ1) is 28.3. The molecule has 1 heterocycles. The molecule has 5 aromatic rings. The number of para-hydroxylation sites is 1. The van der Waals surface area contributed by atoms with Gasteiger partial charge in [0.2, 0.25) is 0 Å². The van der Waals surface area contributed by atoms with Crippen molar-refractivity contribution < 1.29 is 17.9 Å². The third-order valence-corrected chi connectivity index (χ3v) is 7.58. The van der Waals surface area contributed by atoms with Crippen molar-refractivity contribution in [1.82, 2.24) is 15.2 Å². The van der Waals surface area contributed by atoms with Gasteiger partial charge >= 0.3 is 0 Å². The lowest BCUT2D eigenvalue weighted by atomic mass is 10.1. The van der Waals surface area contributed by atoms with Gasteiger partial charge in [0.05, 0.1) is 23.4 Å². The van der Waals surface area contributed by atoms with Crippen molar-refractivity contribution in [2.45, 2.75) is 18.2 Å². The number of carbonyl (C=O) groups excluding carboxylic acids is 1. The van der Waals surface area contributed by atoms with Gasteiger partial charge in [0.25, 0.3) is 15.9 Å². The van der Waals surface area contributed by atoms with Crippen molar-refractivity contribution in [1.29, 1.82) is 0 Å². The number of nitrogens with one attached hydrogen (secondary N) is 2. The largest absolute Gasteiger partial charge is 0.494 e. The molecule has 0 spiro atoms. The second-order valence-electron chi connectivity index (χ2n) is 9.28. The Morgan fingerprint density at radius 1 is 0.905 bits per heavy atom. The molecule has 0 aliphatic rings. The number of hydrogen-bond acceptors (Lipinski definition) is 6. The van der Waals surface area contributed by atoms with Crippen molar-refractivity contribution in [2.24, 2.45) is 5.10 Å². The zero-order chi connectivity index (χ0) is 29.4. The van der Waals surface area contributed by atoms with Gasteiger partial charge in [0.1, 0.15) is 11.4 Å². The van der Waals surface area contributed by atoms with Crippen molar-refractivity contribution in [3.63, 3.8) is 0 Å². The van der Waals surface area contributed by atoms with Crippen LogP contribution < -0.4 is 14.9 Å². The van der Waals surface area contributed by atoms with E-state index in [1.807, 2.05) is 60.8 Å². The topological polar surface area (TPSA) is 115 Å². The highest BCUT2D eigenvalue weighted by molar-refractivity contribution is 7.92. The number of ether oxygens (including phenoxy) is 1. The number of sulfonamides is 1. The van der Waals surface area contributed by atoms with Crippen LogP contribution in [-0.4, -0.2) is 36.9 Å². The molecule has 2 N–H and O–H groups in total. The zero-order valence-corrected chi connectivity index (χ0v) is 23.7. The van der Waals surface area contributed by atoms with Gasteiger partial charge in [-0.05, 0) is 79.2 Å². The van der Waals surface area contributed by atoms with Crippen LogP contribution in [0.2, 0.25) is 0 Å². The number of hydrazone groups is 1. The molecule has 1 amide bonds. The Hall–Kier alpha value is -5.22. The van der Waals surface area contributed by atoms with Crippen LogP contribution in [0.3, 0.4) is 0 Å². The first-order chi connectivity index (χ1) is 20.4. The molecule has 212 valence electrons. The Labute approximate surface area is 244 Å². The van der Waals surface area contributed by atoms with E-state index in [4.69, 9.17) is 9.84 Å². The molecule has 0 radical (unpaired) electrons. The second-order valence-corrected chi connectivity index (χ2v) is 11.0. The Morgan fingerprint density at radius 3 is 2.24 bits per heavy atom. The summed E-state index contributed by atoms with van der Waals surface area (Å²) in [5.74, 6) is 0.336. The zero-order valence-electron chi connectivity index (χ0n) is 22.8. The fourth-order valence-corrected chi connectivity index (χ4v) is 5.16. The first-order valence-electron chi connectivity index (χ1n) is 13.3. The van der Waals surface area contributed by atoms with Crippen molar-refractivity contribution in [2.75, 3.05) is 11.3 Å². The smallest absolute Gasteiger partial charge is 0.271 e. The van der Waals surface area contributed by atoms with Crippen LogP contribution >= 0.6 is 0 Å². The average Bonchev–Trinajstić information content (AvgIpc) is 3.45. The molecule has 9 nitrogen and oxygen atoms in total. The second kappa shape index (κ2) is 13.0. The fraction of sp³-hybridized carbons (Fsp3) is 0.0938. The third kappa shape index (κ3) is 6.91. The number of hydrogen-bond donors (Lipinski definition) is 2. The Balaban J connectivity index is 1.31. The lowest BCUT2D eigenvalue weighted by Gasteiger charge is -2.08. The predicted molar refractivity (Wildman–Crippen MR) is 164 cm³/mol. The molecule has 0 saturated carbocycles. The summed E-state index contributed by atoms with van der Waals surface area (Å²) >= 11 is 0. The lowest BCUT2D eigenvalue weighted by Crippen LogP contribution is -2.18. The standard InChI is InChI=1S/C32H29N5O4S/c1-2-21-41-29-19-15-24(16-20-29)31-26(23-37(35-31)28-9-5-3-6-10-28)22-33-34-32(38)25-13-17-27(18-14-25)36-42(39,40)30-11-7-4-8-12-30/h3-20,22-23,36H,2,21H2,1H3,(H,34,38)/b33-22+. The highest BCUT2D eigenvalue weighted by Crippen LogP contribution is 2.25. The van der Waals surface area contributed by atoms with Crippen LogP contribution in [0.5, 0.6) is 5.75 Å². The number of nitrogens with zero attached hydrogens (tertiary/aromatic N) is 3. The van der Waals surface area contributed by atoms with Gasteiger partial charge in [-0.3, -0.25) is 9.52 Å². The molecule has 1 aromatic heterocycles. The summed E-state index contributed by atoms with van der Waals surface area (Å²) in [7, 11) is -3.73. The minimum atomic E-state index is -3.73. The number of benzene rings is 4. The van der Waals surface area contributed by atoms with E-state index < -0.39 is 15.9 Å². The summed E-state index contributed by atoms with van der Waals surface area (Å²) < 4.78 is 35.1. The molecule has 0 bridgehead atoms. The summed E-state index contributed by atoms with van der Waals surface area (Å²) in [4.78, 5) is 12.9. The highest BCUT2D eigenvalue weighted by atomic mass is 32.2. The summed E-state index contributed by atoms with van der Waals surface area (Å²) in [6.45, 7) is 2.70. The van der Waals surface area contributed by atoms with Crippen molar-refractivity contribution >= 4 is 27.8 Å². The quantitative estimate of drug-likeness (QED) is 0.150. The Morgan fingerprint density at radius 2 is 1.57 bits per heavy atom. The summed E-state index contributed by atoms with van der Waals surface area (Å²) in [6, 6.07) is 31.5. The monoisotopic (exact) mass is 579 g/mol. The van der Waals surface area contributed by atoms with E-state index in [0.717, 1.165) is 23.4 Å². The van der Waals surface area contributed by atoms with Crippen LogP contribution in [0.4, 0.5) is 5.69 Å². The van der Waals surface area contributed by atoms with Gasteiger partial charge in [0.15, 0.2) is 0 Å². The molecule has 4 aromatic carbocycles. The lowest BCUT2D eigenvalue weighted by molar-refractivity contribution is 0.0955. The molecule has 10 heteroatoms. The van der Waals surface area contributed by atoms with Gasteiger partial charge in [-0.25, -0.2) is 18.5 Å². The van der Waals surface area contributed by atoms with E-state index in [1.54, 1.807) is 29.1 Å². The van der Waals surface area contributed by atoms with E-state index in [1.165, 1.54) is 36.4 Å². The van der Waals surface area contributed by atoms with E-state index in [-0.39, 0.29) is 4.90 Å². The number of rotatable bonds is 11. The van der Waals surface area contributed by atoms with Gasteiger partial charge in [-0.1, -0.05) is 43.3 Å². The average molecular weight is 580 g/mol. The van der Waals surface area contributed by atoms with E-state index in [2.05, 4.69) is 22.2 Å².